The molecule has 1 aromatic rings. The Labute approximate surface area is 114 Å². The molecule has 0 radical (unpaired) electrons. The van der Waals surface area contributed by atoms with Gasteiger partial charge in [0, 0.05) is 19.2 Å². The number of nitrogens with zero attached hydrogens (tertiary/aromatic N) is 2. The Morgan fingerprint density at radius 1 is 1.32 bits per heavy atom. The molecule has 0 spiro atoms. The molecule has 106 valence electrons. The Hall–Kier alpha value is -1.36. The average Bonchev–Trinajstić information content (AvgIpc) is 2.44. The summed E-state index contributed by atoms with van der Waals surface area (Å²) < 4.78 is 0. The number of aliphatic hydroxyl groups is 1. The van der Waals surface area contributed by atoms with Gasteiger partial charge >= 0.3 is 0 Å². The minimum Gasteiger partial charge on any atom is -0.393 e. The van der Waals surface area contributed by atoms with Gasteiger partial charge in [-0.25, -0.2) is 9.97 Å². The zero-order valence-corrected chi connectivity index (χ0v) is 11.8. The van der Waals surface area contributed by atoms with Crippen molar-refractivity contribution in [2.75, 3.05) is 24.2 Å². The van der Waals surface area contributed by atoms with Gasteiger partial charge in [0.2, 0.25) is 0 Å². The van der Waals surface area contributed by atoms with Crippen LogP contribution in [0.3, 0.4) is 0 Å². The second-order valence-corrected chi connectivity index (χ2v) is 5.22. The van der Waals surface area contributed by atoms with Crippen LogP contribution in [0.5, 0.6) is 0 Å². The van der Waals surface area contributed by atoms with Crippen LogP contribution in [0.2, 0.25) is 0 Å². The van der Waals surface area contributed by atoms with Gasteiger partial charge in [0.25, 0.3) is 0 Å². The highest BCUT2D eigenvalue weighted by Crippen LogP contribution is 2.26. The topological polar surface area (TPSA) is 70.1 Å². The van der Waals surface area contributed by atoms with Crippen LogP contribution >= 0.6 is 0 Å². The van der Waals surface area contributed by atoms with Crippen LogP contribution in [0.15, 0.2) is 6.33 Å². The molecule has 0 saturated heterocycles. The fourth-order valence-corrected chi connectivity index (χ4v) is 2.80. The van der Waals surface area contributed by atoms with Gasteiger partial charge in [0.05, 0.1) is 6.10 Å². The molecule has 0 aromatic carbocycles. The summed E-state index contributed by atoms with van der Waals surface area (Å²) >= 11 is 0. The lowest BCUT2D eigenvalue weighted by Crippen LogP contribution is -2.25. The fraction of sp³-hybridized carbons (Fsp3) is 0.714. The summed E-state index contributed by atoms with van der Waals surface area (Å²) in [6.07, 6.45) is 6.53. The first-order valence-corrected chi connectivity index (χ1v) is 7.18. The van der Waals surface area contributed by atoms with E-state index in [1.54, 1.807) is 6.33 Å². The first-order valence-electron chi connectivity index (χ1n) is 7.18. The van der Waals surface area contributed by atoms with E-state index in [0.29, 0.717) is 5.92 Å². The average molecular weight is 264 g/mol. The summed E-state index contributed by atoms with van der Waals surface area (Å²) in [4.78, 5) is 8.57. The Morgan fingerprint density at radius 2 is 2.11 bits per heavy atom. The Morgan fingerprint density at radius 3 is 2.79 bits per heavy atom. The van der Waals surface area contributed by atoms with E-state index in [4.69, 9.17) is 0 Å². The van der Waals surface area contributed by atoms with Gasteiger partial charge in [0.1, 0.15) is 18.0 Å². The van der Waals surface area contributed by atoms with Crippen LogP contribution in [0, 0.1) is 5.92 Å². The predicted octanol–water partition coefficient (Wildman–Crippen LogP) is 2.04. The molecule has 0 bridgehead atoms. The van der Waals surface area contributed by atoms with Gasteiger partial charge in [-0.3, -0.25) is 0 Å². The number of aromatic nitrogens is 2. The minimum absolute atomic E-state index is 0.121. The van der Waals surface area contributed by atoms with Crippen molar-refractivity contribution in [1.82, 2.24) is 9.97 Å². The zero-order valence-electron chi connectivity index (χ0n) is 11.8. The van der Waals surface area contributed by atoms with E-state index in [2.05, 4.69) is 27.5 Å². The number of rotatable bonds is 5. The van der Waals surface area contributed by atoms with Gasteiger partial charge in [-0.05, 0) is 31.6 Å². The van der Waals surface area contributed by atoms with E-state index in [1.165, 1.54) is 6.42 Å². The minimum atomic E-state index is -0.121. The molecule has 1 fully saturated rings. The molecule has 5 nitrogen and oxygen atoms in total. The Balaban J connectivity index is 1.99. The van der Waals surface area contributed by atoms with E-state index in [-0.39, 0.29) is 6.10 Å². The number of hydrogen-bond acceptors (Lipinski definition) is 5. The molecule has 1 aliphatic rings. The molecular weight excluding hydrogens is 240 g/mol. The van der Waals surface area contributed by atoms with E-state index in [9.17, 15) is 5.11 Å². The molecule has 3 N–H and O–H groups in total. The van der Waals surface area contributed by atoms with Crippen LogP contribution in [-0.4, -0.2) is 34.8 Å². The fourth-order valence-electron chi connectivity index (χ4n) is 2.80. The first-order chi connectivity index (χ1) is 9.24. The van der Waals surface area contributed by atoms with Crippen molar-refractivity contribution >= 4 is 11.6 Å². The van der Waals surface area contributed by atoms with Crippen LogP contribution in [0.4, 0.5) is 11.6 Å². The highest BCUT2D eigenvalue weighted by molar-refractivity contribution is 5.57. The second kappa shape index (κ2) is 6.70. The molecule has 1 saturated carbocycles. The lowest BCUT2D eigenvalue weighted by molar-refractivity contribution is 0.104. The maximum Gasteiger partial charge on any atom is 0.134 e. The Kier molecular flexibility index (Phi) is 4.96. The summed E-state index contributed by atoms with van der Waals surface area (Å²) in [5.74, 6) is 2.35. The predicted molar refractivity (Wildman–Crippen MR) is 77.4 cm³/mol. The van der Waals surface area contributed by atoms with Crippen molar-refractivity contribution in [3.8, 4) is 0 Å². The quantitative estimate of drug-likeness (QED) is 0.759. The number of nitrogens with one attached hydrogen (secondary N) is 2. The lowest BCUT2D eigenvalue weighted by Gasteiger charge is -2.26. The van der Waals surface area contributed by atoms with Gasteiger partial charge < -0.3 is 15.7 Å². The summed E-state index contributed by atoms with van der Waals surface area (Å²) in [6, 6.07) is 0. The van der Waals surface area contributed by atoms with Gasteiger partial charge in [-0.2, -0.15) is 0 Å². The molecule has 1 aromatic heterocycles. The van der Waals surface area contributed by atoms with E-state index < -0.39 is 0 Å². The van der Waals surface area contributed by atoms with Crippen molar-refractivity contribution < 1.29 is 5.11 Å². The van der Waals surface area contributed by atoms with E-state index in [0.717, 1.165) is 49.4 Å². The molecule has 2 atom stereocenters. The second-order valence-electron chi connectivity index (χ2n) is 5.22. The maximum absolute atomic E-state index is 9.70. The molecule has 1 aliphatic carbocycles. The largest absolute Gasteiger partial charge is 0.393 e. The third kappa shape index (κ3) is 3.56. The van der Waals surface area contributed by atoms with Crippen LogP contribution in [0.1, 0.15) is 38.2 Å². The van der Waals surface area contributed by atoms with Crippen LogP contribution in [0.25, 0.3) is 0 Å². The number of aliphatic hydroxyl groups excluding tert-OH is 1. The van der Waals surface area contributed by atoms with Gasteiger partial charge in [-0.1, -0.05) is 13.3 Å². The van der Waals surface area contributed by atoms with Gasteiger partial charge in [0.15, 0.2) is 0 Å². The van der Waals surface area contributed by atoms with Crippen molar-refractivity contribution in [2.45, 2.75) is 45.1 Å². The molecular formula is C14H24N4O. The van der Waals surface area contributed by atoms with Crippen molar-refractivity contribution in [3.63, 3.8) is 0 Å². The smallest absolute Gasteiger partial charge is 0.134 e. The molecule has 5 heteroatoms. The third-order valence-corrected chi connectivity index (χ3v) is 3.85. The molecule has 2 rings (SSSR count). The lowest BCUT2D eigenvalue weighted by atomic mass is 9.87. The van der Waals surface area contributed by atoms with Crippen LogP contribution in [-0.2, 0) is 6.42 Å². The summed E-state index contributed by atoms with van der Waals surface area (Å²) in [5.41, 5.74) is 1.13. The Bertz CT molecular complexity index is 410. The number of anilines is 2. The van der Waals surface area contributed by atoms with E-state index in [1.807, 2.05) is 7.05 Å². The zero-order chi connectivity index (χ0) is 13.7. The van der Waals surface area contributed by atoms with Crippen molar-refractivity contribution in [2.24, 2.45) is 5.92 Å². The van der Waals surface area contributed by atoms with Crippen molar-refractivity contribution in [1.29, 1.82) is 0 Å². The van der Waals surface area contributed by atoms with Crippen LogP contribution < -0.4 is 10.6 Å². The SMILES string of the molecule is CCc1c(NC)ncnc1NCC1CCCC(O)C1. The molecule has 1 heterocycles. The van der Waals surface area contributed by atoms with E-state index >= 15 is 0 Å². The summed E-state index contributed by atoms with van der Waals surface area (Å²) in [6.45, 7) is 2.99. The van der Waals surface area contributed by atoms with Gasteiger partial charge in [-0.15, -0.1) is 0 Å². The highest BCUT2D eigenvalue weighted by atomic mass is 16.3. The molecule has 2 unspecified atom stereocenters. The standard InChI is InChI=1S/C14H24N4O/c1-3-12-13(15-2)17-9-18-14(12)16-8-10-5-4-6-11(19)7-10/h9-11,19H,3-8H2,1-2H3,(H2,15,16,17,18). The summed E-state index contributed by atoms with van der Waals surface area (Å²) in [5, 5.41) is 16.2. The monoisotopic (exact) mass is 264 g/mol. The highest BCUT2D eigenvalue weighted by Gasteiger charge is 2.20. The third-order valence-electron chi connectivity index (χ3n) is 3.85. The maximum atomic E-state index is 9.70. The van der Waals surface area contributed by atoms with Crippen molar-refractivity contribution in [3.05, 3.63) is 11.9 Å². The number of hydrogen-bond donors (Lipinski definition) is 3. The first kappa shape index (κ1) is 14.1. The molecule has 19 heavy (non-hydrogen) atoms. The normalized spacial score (nSPS) is 23.1. The molecule has 0 amide bonds. The molecule has 0 aliphatic heterocycles. The summed E-state index contributed by atoms with van der Waals surface area (Å²) in [7, 11) is 1.88.